The van der Waals surface area contributed by atoms with Crippen LogP contribution in [0, 0.1) is 5.92 Å². The van der Waals surface area contributed by atoms with Gasteiger partial charge in [0.15, 0.2) is 5.76 Å². The number of ether oxygens (including phenoxy) is 1. The lowest BCUT2D eigenvalue weighted by atomic mass is 9.95. The minimum Gasteiger partial charge on any atom is -0.459 e. The Morgan fingerprint density at radius 2 is 1.92 bits per heavy atom. The summed E-state index contributed by atoms with van der Waals surface area (Å²) in [4.78, 5) is 28.5. The van der Waals surface area contributed by atoms with Crippen molar-refractivity contribution >= 4 is 11.8 Å². The highest BCUT2D eigenvalue weighted by atomic mass is 16.5. The largest absolute Gasteiger partial charge is 0.459 e. The molecule has 1 N–H and O–H groups in total. The molecule has 2 aliphatic heterocycles. The third-order valence-corrected chi connectivity index (χ3v) is 4.72. The van der Waals surface area contributed by atoms with E-state index in [4.69, 9.17) is 9.15 Å². The molecule has 0 radical (unpaired) electrons. The van der Waals surface area contributed by atoms with Crippen LogP contribution in [0.3, 0.4) is 0 Å². The molecule has 7 heteroatoms. The first kappa shape index (κ1) is 17.0. The zero-order valence-corrected chi connectivity index (χ0v) is 13.9. The Hall–Kier alpha value is -1.86. The molecule has 2 saturated heterocycles. The number of rotatable bonds is 5. The second kappa shape index (κ2) is 8.30. The summed E-state index contributed by atoms with van der Waals surface area (Å²) in [7, 11) is 0. The molecule has 0 unspecified atom stereocenters. The lowest BCUT2D eigenvalue weighted by Crippen LogP contribution is -2.45. The molecule has 1 aromatic rings. The molecule has 3 heterocycles. The summed E-state index contributed by atoms with van der Waals surface area (Å²) in [6, 6.07) is 3.38. The Kier molecular flexibility index (Phi) is 5.87. The van der Waals surface area contributed by atoms with E-state index in [0.717, 1.165) is 32.8 Å². The van der Waals surface area contributed by atoms with Gasteiger partial charge in [0.25, 0.3) is 5.91 Å². The Labute approximate surface area is 141 Å². The first-order chi connectivity index (χ1) is 11.7. The smallest absolute Gasteiger partial charge is 0.289 e. The highest BCUT2D eigenvalue weighted by Gasteiger charge is 2.28. The average Bonchev–Trinajstić information content (AvgIpc) is 3.17. The van der Waals surface area contributed by atoms with Crippen LogP contribution >= 0.6 is 0 Å². The molecular formula is C17H25N3O4. The fraction of sp³-hybridized carbons (Fsp3) is 0.647. The fourth-order valence-electron chi connectivity index (χ4n) is 3.21. The van der Waals surface area contributed by atoms with Gasteiger partial charge < -0.3 is 19.4 Å². The molecule has 0 saturated carbocycles. The van der Waals surface area contributed by atoms with Gasteiger partial charge in [0.1, 0.15) is 0 Å². The number of nitrogens with zero attached hydrogens (tertiary/aromatic N) is 2. The molecule has 7 nitrogen and oxygen atoms in total. The van der Waals surface area contributed by atoms with Crippen LogP contribution in [0.2, 0.25) is 0 Å². The van der Waals surface area contributed by atoms with E-state index in [1.807, 2.05) is 0 Å². The maximum Gasteiger partial charge on any atom is 0.289 e. The van der Waals surface area contributed by atoms with Gasteiger partial charge in [-0.1, -0.05) is 0 Å². The molecule has 2 fully saturated rings. The third kappa shape index (κ3) is 4.36. The van der Waals surface area contributed by atoms with E-state index >= 15 is 0 Å². The van der Waals surface area contributed by atoms with Gasteiger partial charge in [-0.15, -0.1) is 0 Å². The number of hydrogen-bond donors (Lipinski definition) is 1. The minimum absolute atomic E-state index is 0.00431. The van der Waals surface area contributed by atoms with Crippen molar-refractivity contribution in [2.45, 2.75) is 12.8 Å². The van der Waals surface area contributed by atoms with Gasteiger partial charge in [-0.2, -0.15) is 0 Å². The zero-order chi connectivity index (χ0) is 16.8. The van der Waals surface area contributed by atoms with Crippen molar-refractivity contribution in [1.82, 2.24) is 15.1 Å². The van der Waals surface area contributed by atoms with Gasteiger partial charge in [-0.05, 0) is 25.0 Å². The molecule has 0 atom stereocenters. The minimum atomic E-state index is -0.0915. The van der Waals surface area contributed by atoms with Crippen molar-refractivity contribution in [3.63, 3.8) is 0 Å². The predicted octanol–water partition coefficient (Wildman–Crippen LogP) is 0.580. The lowest BCUT2D eigenvalue weighted by Gasteiger charge is -2.31. The van der Waals surface area contributed by atoms with E-state index < -0.39 is 0 Å². The fourth-order valence-corrected chi connectivity index (χ4v) is 3.21. The normalized spacial score (nSPS) is 20.1. The van der Waals surface area contributed by atoms with Crippen LogP contribution in [-0.2, 0) is 9.53 Å². The number of likely N-dealkylation sites (tertiary alicyclic amines) is 1. The highest BCUT2D eigenvalue weighted by molar-refractivity contribution is 5.91. The summed E-state index contributed by atoms with van der Waals surface area (Å²) in [5, 5.41) is 3.03. The molecule has 0 aliphatic carbocycles. The topological polar surface area (TPSA) is 75.0 Å². The summed E-state index contributed by atoms with van der Waals surface area (Å²) in [6.07, 6.45) is 2.91. The number of hydrogen-bond acceptors (Lipinski definition) is 5. The number of furan rings is 1. The monoisotopic (exact) mass is 335 g/mol. The second-order valence-electron chi connectivity index (χ2n) is 6.29. The quantitative estimate of drug-likeness (QED) is 0.852. The van der Waals surface area contributed by atoms with E-state index in [0.29, 0.717) is 38.2 Å². The number of carbonyl (C=O) groups excluding carboxylic acids is 2. The molecule has 132 valence electrons. The summed E-state index contributed by atoms with van der Waals surface area (Å²) in [5.41, 5.74) is 0. The molecule has 3 rings (SSSR count). The van der Waals surface area contributed by atoms with Crippen LogP contribution in [0.25, 0.3) is 0 Å². The lowest BCUT2D eigenvalue weighted by molar-refractivity contribution is -0.126. The Bertz CT molecular complexity index is 532. The van der Waals surface area contributed by atoms with Crippen molar-refractivity contribution in [2.75, 3.05) is 52.5 Å². The van der Waals surface area contributed by atoms with Crippen LogP contribution in [0.15, 0.2) is 22.8 Å². The number of carbonyl (C=O) groups is 2. The summed E-state index contributed by atoms with van der Waals surface area (Å²) >= 11 is 0. The van der Waals surface area contributed by atoms with Crippen LogP contribution < -0.4 is 5.32 Å². The van der Waals surface area contributed by atoms with Crippen LogP contribution in [0.4, 0.5) is 0 Å². The number of piperidine rings is 1. The van der Waals surface area contributed by atoms with Crippen molar-refractivity contribution in [3.05, 3.63) is 24.2 Å². The van der Waals surface area contributed by atoms with E-state index in [-0.39, 0.29) is 17.7 Å². The van der Waals surface area contributed by atoms with Crippen molar-refractivity contribution in [2.24, 2.45) is 5.92 Å². The van der Waals surface area contributed by atoms with Crippen LogP contribution in [0.1, 0.15) is 23.4 Å². The standard InChI is InChI=1S/C17H25N3O4/c21-16(18-5-8-19-9-12-23-13-10-19)14-3-6-20(7-4-14)17(22)15-2-1-11-24-15/h1-2,11,14H,3-10,12-13H2,(H,18,21). The molecule has 0 bridgehead atoms. The zero-order valence-electron chi connectivity index (χ0n) is 13.9. The number of amides is 2. The van der Waals surface area contributed by atoms with E-state index in [2.05, 4.69) is 10.2 Å². The summed E-state index contributed by atoms with van der Waals surface area (Å²) < 4.78 is 10.5. The maximum atomic E-state index is 12.3. The number of morpholine rings is 1. The van der Waals surface area contributed by atoms with E-state index in [9.17, 15) is 9.59 Å². The van der Waals surface area contributed by atoms with Gasteiger partial charge in [0.05, 0.1) is 19.5 Å². The predicted molar refractivity (Wildman–Crippen MR) is 87.6 cm³/mol. The Balaban J connectivity index is 1.36. The SMILES string of the molecule is O=C(NCCN1CCOCC1)C1CCN(C(=O)c2ccco2)CC1. The van der Waals surface area contributed by atoms with E-state index in [1.165, 1.54) is 6.26 Å². The third-order valence-electron chi connectivity index (χ3n) is 4.72. The molecule has 1 aromatic heterocycles. The average molecular weight is 335 g/mol. The van der Waals surface area contributed by atoms with Gasteiger partial charge in [0, 0.05) is 45.2 Å². The molecule has 2 amide bonds. The summed E-state index contributed by atoms with van der Waals surface area (Å²) in [5.74, 6) is 0.373. The van der Waals surface area contributed by atoms with Crippen molar-refractivity contribution in [3.8, 4) is 0 Å². The first-order valence-electron chi connectivity index (χ1n) is 8.64. The van der Waals surface area contributed by atoms with Gasteiger partial charge >= 0.3 is 0 Å². The molecular weight excluding hydrogens is 310 g/mol. The van der Waals surface area contributed by atoms with Crippen molar-refractivity contribution in [1.29, 1.82) is 0 Å². The van der Waals surface area contributed by atoms with E-state index in [1.54, 1.807) is 17.0 Å². The molecule has 0 aromatic carbocycles. The Morgan fingerprint density at radius 3 is 2.58 bits per heavy atom. The van der Waals surface area contributed by atoms with Gasteiger partial charge in [-0.25, -0.2) is 0 Å². The number of nitrogens with one attached hydrogen (secondary N) is 1. The van der Waals surface area contributed by atoms with Gasteiger partial charge in [-0.3, -0.25) is 14.5 Å². The van der Waals surface area contributed by atoms with Crippen molar-refractivity contribution < 1.29 is 18.7 Å². The van der Waals surface area contributed by atoms with Crippen LogP contribution in [0.5, 0.6) is 0 Å². The molecule has 2 aliphatic rings. The summed E-state index contributed by atoms with van der Waals surface area (Å²) in [6.45, 7) is 6.15. The highest BCUT2D eigenvalue weighted by Crippen LogP contribution is 2.19. The molecule has 0 spiro atoms. The van der Waals surface area contributed by atoms with Gasteiger partial charge in [0.2, 0.25) is 5.91 Å². The Morgan fingerprint density at radius 1 is 1.17 bits per heavy atom. The maximum absolute atomic E-state index is 12.3. The second-order valence-corrected chi connectivity index (χ2v) is 6.29. The first-order valence-corrected chi connectivity index (χ1v) is 8.64. The molecule has 24 heavy (non-hydrogen) atoms. The van der Waals surface area contributed by atoms with Crippen LogP contribution in [-0.4, -0.2) is 74.1 Å².